The first-order valence-electron chi connectivity index (χ1n) is 10.3. The maximum absolute atomic E-state index is 15.2. The largest absolute Gasteiger partial charge is 0.348 e. The van der Waals surface area contributed by atoms with Crippen LogP contribution >= 0.6 is 11.6 Å². The molecule has 4 amide bonds. The van der Waals surface area contributed by atoms with Crippen molar-refractivity contribution in [2.24, 2.45) is 0 Å². The van der Waals surface area contributed by atoms with Crippen LogP contribution in [-0.4, -0.2) is 46.0 Å². The van der Waals surface area contributed by atoms with Crippen LogP contribution < -0.4 is 5.32 Å². The van der Waals surface area contributed by atoms with Crippen LogP contribution in [0.1, 0.15) is 51.6 Å². The molecule has 2 aromatic rings. The lowest BCUT2D eigenvalue weighted by Gasteiger charge is -2.34. The van der Waals surface area contributed by atoms with E-state index in [1.54, 1.807) is 31.2 Å². The zero-order valence-electron chi connectivity index (χ0n) is 17.4. The summed E-state index contributed by atoms with van der Waals surface area (Å²) < 4.78 is 15.2. The lowest BCUT2D eigenvalue weighted by atomic mass is 10.0. The Balaban J connectivity index is 1.50. The summed E-state index contributed by atoms with van der Waals surface area (Å²) in [5.41, 5.74) is 1.02. The van der Waals surface area contributed by atoms with E-state index < -0.39 is 23.7 Å². The van der Waals surface area contributed by atoms with Gasteiger partial charge >= 0.3 is 0 Å². The number of imide groups is 1. The van der Waals surface area contributed by atoms with Crippen molar-refractivity contribution in [3.8, 4) is 0 Å². The molecule has 0 radical (unpaired) electrons. The molecule has 32 heavy (non-hydrogen) atoms. The van der Waals surface area contributed by atoms with Crippen molar-refractivity contribution in [3.63, 3.8) is 0 Å². The topological polar surface area (TPSA) is 86.8 Å². The summed E-state index contributed by atoms with van der Waals surface area (Å²) in [5, 5.41) is 3.16. The van der Waals surface area contributed by atoms with Gasteiger partial charge in [-0.2, -0.15) is 0 Å². The monoisotopic (exact) mass is 457 g/mol. The molecule has 0 spiro atoms. The molecule has 2 heterocycles. The Hall–Kier alpha value is -3.26. The van der Waals surface area contributed by atoms with Crippen LogP contribution in [0.15, 0.2) is 36.4 Å². The van der Waals surface area contributed by atoms with Crippen LogP contribution in [0.2, 0.25) is 5.02 Å². The van der Waals surface area contributed by atoms with E-state index in [-0.39, 0.29) is 61.0 Å². The summed E-state index contributed by atoms with van der Waals surface area (Å²) in [6, 6.07) is 8.50. The van der Waals surface area contributed by atoms with E-state index in [4.69, 9.17) is 11.6 Å². The van der Waals surface area contributed by atoms with E-state index in [2.05, 4.69) is 5.32 Å². The van der Waals surface area contributed by atoms with Crippen LogP contribution in [0, 0.1) is 5.82 Å². The Morgan fingerprint density at radius 2 is 1.88 bits per heavy atom. The minimum absolute atomic E-state index is 0.0544. The number of nitrogens with one attached hydrogen (secondary N) is 1. The number of rotatable bonds is 5. The van der Waals surface area contributed by atoms with Crippen molar-refractivity contribution >= 4 is 35.2 Å². The van der Waals surface area contributed by atoms with Gasteiger partial charge in [0.2, 0.25) is 5.91 Å². The zero-order valence-corrected chi connectivity index (χ0v) is 18.1. The van der Waals surface area contributed by atoms with Gasteiger partial charge in [0.15, 0.2) is 0 Å². The predicted octanol–water partition coefficient (Wildman–Crippen LogP) is 2.90. The standard InChI is InChI=1S/C23H21ClFN3O4/c1-2-27-19(29)10-9-18(23(27)32)28-12-17-16(22(28)31)8-5-14(20(17)25)11-26-21(30)13-3-6-15(24)7-4-13/h3-8,18H,2,9-12H2,1H3,(H,26,30). The Kier molecular flexibility index (Phi) is 5.97. The fraction of sp³-hybridized carbons (Fsp3) is 0.304. The minimum atomic E-state index is -0.792. The predicted molar refractivity (Wildman–Crippen MR) is 114 cm³/mol. The summed E-state index contributed by atoms with van der Waals surface area (Å²) in [4.78, 5) is 52.3. The quantitative estimate of drug-likeness (QED) is 0.699. The highest BCUT2D eigenvalue weighted by molar-refractivity contribution is 6.30. The molecular formula is C23H21ClFN3O4. The number of benzene rings is 2. The number of amides is 4. The molecule has 1 N–H and O–H groups in total. The molecule has 166 valence electrons. The number of carbonyl (C=O) groups is 4. The van der Waals surface area contributed by atoms with Crippen LogP contribution in [0.5, 0.6) is 0 Å². The third-order valence-electron chi connectivity index (χ3n) is 5.86. The normalized spacial score (nSPS) is 18.2. The number of carbonyl (C=O) groups excluding carboxylic acids is 4. The van der Waals surface area contributed by atoms with Gasteiger partial charge in [-0.25, -0.2) is 4.39 Å². The zero-order chi connectivity index (χ0) is 23.0. The number of fused-ring (bicyclic) bond motifs is 1. The summed E-state index contributed by atoms with van der Waals surface area (Å²) in [7, 11) is 0. The molecule has 1 saturated heterocycles. The highest BCUT2D eigenvalue weighted by atomic mass is 35.5. The van der Waals surface area contributed by atoms with Crippen LogP contribution in [0.3, 0.4) is 0 Å². The molecular weight excluding hydrogens is 437 g/mol. The lowest BCUT2D eigenvalue weighted by Crippen LogP contribution is -2.54. The van der Waals surface area contributed by atoms with Gasteiger partial charge < -0.3 is 10.2 Å². The number of piperidine rings is 1. The molecule has 2 aliphatic heterocycles. The van der Waals surface area contributed by atoms with Crippen molar-refractivity contribution in [3.05, 3.63) is 69.5 Å². The minimum Gasteiger partial charge on any atom is -0.348 e. The third kappa shape index (κ3) is 3.86. The van der Waals surface area contributed by atoms with Gasteiger partial charge in [-0.05, 0) is 43.7 Å². The van der Waals surface area contributed by atoms with Crippen molar-refractivity contribution < 1.29 is 23.6 Å². The molecule has 4 rings (SSSR count). The van der Waals surface area contributed by atoms with E-state index in [0.717, 1.165) is 4.90 Å². The maximum atomic E-state index is 15.2. The SMILES string of the molecule is CCN1C(=O)CCC(N2Cc3c(ccc(CNC(=O)c4ccc(Cl)cc4)c3F)C2=O)C1=O. The molecule has 2 aromatic carbocycles. The Labute approximate surface area is 189 Å². The van der Waals surface area contributed by atoms with E-state index in [1.807, 2.05) is 0 Å². The second kappa shape index (κ2) is 8.70. The molecule has 9 heteroatoms. The van der Waals surface area contributed by atoms with Crippen molar-refractivity contribution in [2.45, 2.75) is 38.9 Å². The Morgan fingerprint density at radius 3 is 2.56 bits per heavy atom. The van der Waals surface area contributed by atoms with Gasteiger partial charge in [0.05, 0.1) is 6.54 Å². The lowest BCUT2D eigenvalue weighted by molar-refractivity contribution is -0.151. The van der Waals surface area contributed by atoms with Gasteiger partial charge in [-0.15, -0.1) is 0 Å². The average Bonchev–Trinajstić information content (AvgIpc) is 3.11. The van der Waals surface area contributed by atoms with Crippen LogP contribution in [0.25, 0.3) is 0 Å². The van der Waals surface area contributed by atoms with E-state index in [9.17, 15) is 19.2 Å². The van der Waals surface area contributed by atoms with E-state index in [1.165, 1.54) is 17.0 Å². The van der Waals surface area contributed by atoms with Crippen LogP contribution in [0.4, 0.5) is 4.39 Å². The number of halogens is 2. The average molecular weight is 458 g/mol. The second-order valence-electron chi connectivity index (χ2n) is 7.72. The van der Waals surface area contributed by atoms with Crippen molar-refractivity contribution in [1.82, 2.24) is 15.1 Å². The van der Waals surface area contributed by atoms with Gasteiger partial charge in [0.25, 0.3) is 17.7 Å². The summed E-state index contributed by atoms with van der Waals surface area (Å²) in [6.45, 7) is 1.81. The van der Waals surface area contributed by atoms with E-state index in [0.29, 0.717) is 10.6 Å². The first-order valence-corrected chi connectivity index (χ1v) is 10.7. The molecule has 1 unspecified atom stereocenters. The smallest absolute Gasteiger partial charge is 0.255 e. The Morgan fingerprint density at radius 1 is 1.16 bits per heavy atom. The fourth-order valence-corrected chi connectivity index (χ4v) is 4.26. The molecule has 0 aliphatic carbocycles. The number of hydrogen-bond acceptors (Lipinski definition) is 4. The highest BCUT2D eigenvalue weighted by Crippen LogP contribution is 2.31. The fourth-order valence-electron chi connectivity index (χ4n) is 4.13. The molecule has 2 aliphatic rings. The molecule has 7 nitrogen and oxygen atoms in total. The summed E-state index contributed by atoms with van der Waals surface area (Å²) in [6.07, 6.45) is 0.383. The van der Waals surface area contributed by atoms with Gasteiger partial charge in [-0.1, -0.05) is 17.7 Å². The van der Waals surface area contributed by atoms with Gasteiger partial charge in [0.1, 0.15) is 11.9 Å². The summed E-state index contributed by atoms with van der Waals surface area (Å²) in [5.74, 6) is -2.08. The van der Waals surface area contributed by atoms with Crippen molar-refractivity contribution in [2.75, 3.05) is 6.54 Å². The highest BCUT2D eigenvalue weighted by Gasteiger charge is 2.43. The number of likely N-dealkylation sites (tertiary alicyclic amines) is 1. The van der Waals surface area contributed by atoms with E-state index >= 15 is 4.39 Å². The Bertz CT molecular complexity index is 1120. The maximum Gasteiger partial charge on any atom is 0.255 e. The summed E-state index contributed by atoms with van der Waals surface area (Å²) >= 11 is 5.82. The number of hydrogen-bond donors (Lipinski definition) is 1. The van der Waals surface area contributed by atoms with Crippen LogP contribution in [-0.2, 0) is 22.7 Å². The molecule has 0 aromatic heterocycles. The molecule has 0 saturated carbocycles. The first kappa shape index (κ1) is 22.0. The van der Waals surface area contributed by atoms with Gasteiger partial charge in [0, 0.05) is 46.8 Å². The molecule has 1 atom stereocenters. The number of likely N-dealkylation sites (N-methyl/N-ethyl adjacent to an activating group) is 1. The van der Waals surface area contributed by atoms with Gasteiger partial charge in [-0.3, -0.25) is 24.1 Å². The first-order chi connectivity index (χ1) is 15.3. The third-order valence-corrected chi connectivity index (χ3v) is 6.12. The molecule has 1 fully saturated rings. The molecule has 0 bridgehead atoms. The number of nitrogens with zero attached hydrogens (tertiary/aromatic N) is 2. The second-order valence-corrected chi connectivity index (χ2v) is 8.15. The van der Waals surface area contributed by atoms with Crippen molar-refractivity contribution in [1.29, 1.82) is 0 Å².